The van der Waals surface area contributed by atoms with Crippen LogP contribution >= 0.6 is 0 Å². The lowest BCUT2D eigenvalue weighted by molar-refractivity contribution is -0.659. The molecule has 2 nitrogen and oxygen atoms in total. The van der Waals surface area contributed by atoms with Crippen LogP contribution in [0.4, 0.5) is 0 Å². The minimum atomic E-state index is 0.638. The van der Waals surface area contributed by atoms with E-state index in [-0.39, 0.29) is 0 Å². The molecule has 1 atom stereocenters. The quantitative estimate of drug-likeness (QED) is 0.782. The van der Waals surface area contributed by atoms with Crippen molar-refractivity contribution in [3.63, 3.8) is 0 Å². The molecule has 0 aliphatic rings. The number of fused-ring (bicyclic) bond motifs is 1. The fourth-order valence-electron chi connectivity index (χ4n) is 1.63. The summed E-state index contributed by atoms with van der Waals surface area (Å²) in [4.78, 5) is 0. The van der Waals surface area contributed by atoms with Gasteiger partial charge in [-0.15, -0.1) is 0 Å². The summed E-state index contributed by atoms with van der Waals surface area (Å²) in [5, 5.41) is 3.44. The van der Waals surface area contributed by atoms with Crippen molar-refractivity contribution in [2.24, 2.45) is 0 Å². The van der Waals surface area contributed by atoms with Gasteiger partial charge in [0.25, 0.3) is 0 Å². The van der Waals surface area contributed by atoms with Gasteiger partial charge >= 0.3 is 0 Å². The molecule has 0 radical (unpaired) electrons. The molecule has 0 aliphatic heterocycles. The van der Waals surface area contributed by atoms with Crippen LogP contribution in [0.5, 0.6) is 0 Å². The molecule has 2 N–H and O–H groups in total. The number of hydrogen-bond donors (Lipinski definition) is 1. The fraction of sp³-hybridized carbons (Fsp3) is 0.333. The van der Waals surface area contributed by atoms with Crippen LogP contribution in [-0.4, -0.2) is 13.1 Å². The molecule has 0 unspecified atom stereocenters. The fourth-order valence-corrected chi connectivity index (χ4v) is 1.63. The van der Waals surface area contributed by atoms with Crippen LogP contribution in [0.3, 0.4) is 0 Å². The van der Waals surface area contributed by atoms with Crippen LogP contribution in [0.2, 0.25) is 0 Å². The van der Waals surface area contributed by atoms with E-state index in [4.69, 9.17) is 4.42 Å². The van der Waals surface area contributed by atoms with Crippen LogP contribution in [0.1, 0.15) is 12.5 Å². The highest BCUT2D eigenvalue weighted by atomic mass is 16.3. The van der Waals surface area contributed by atoms with Gasteiger partial charge in [-0.1, -0.05) is 6.07 Å². The standard InChI is InChI=1S/C12H15NO/c1-9(13-2)7-10-3-4-12-11(8-10)5-6-14-12/h3-6,8-9,13H,7H2,1-2H3/p+1/t9-/m0/s1. The molecule has 2 aromatic rings. The Bertz CT molecular complexity index is 419. The maximum Gasteiger partial charge on any atom is 0.133 e. The van der Waals surface area contributed by atoms with Gasteiger partial charge in [0.05, 0.1) is 19.4 Å². The average molecular weight is 190 g/mol. The number of hydrogen-bond acceptors (Lipinski definition) is 1. The van der Waals surface area contributed by atoms with Crippen LogP contribution in [0.15, 0.2) is 34.9 Å². The molecule has 0 spiro atoms. The Hall–Kier alpha value is -1.28. The lowest BCUT2D eigenvalue weighted by atomic mass is 10.1. The van der Waals surface area contributed by atoms with E-state index in [0.29, 0.717) is 6.04 Å². The largest absolute Gasteiger partial charge is 0.464 e. The van der Waals surface area contributed by atoms with Gasteiger partial charge in [0, 0.05) is 11.8 Å². The average Bonchev–Trinajstić information content (AvgIpc) is 2.64. The van der Waals surface area contributed by atoms with E-state index in [1.807, 2.05) is 12.1 Å². The number of nitrogens with two attached hydrogens (primary N) is 1. The summed E-state index contributed by atoms with van der Waals surface area (Å²) in [5.41, 5.74) is 2.35. The van der Waals surface area contributed by atoms with E-state index >= 15 is 0 Å². The van der Waals surface area contributed by atoms with Crippen molar-refractivity contribution in [3.8, 4) is 0 Å². The van der Waals surface area contributed by atoms with Gasteiger partial charge in [-0.25, -0.2) is 0 Å². The summed E-state index contributed by atoms with van der Waals surface area (Å²) in [6, 6.07) is 9.05. The molecule has 0 fully saturated rings. The predicted molar refractivity (Wildman–Crippen MR) is 57.2 cm³/mol. The minimum absolute atomic E-state index is 0.638. The first-order valence-corrected chi connectivity index (χ1v) is 5.05. The topological polar surface area (TPSA) is 29.8 Å². The lowest BCUT2D eigenvalue weighted by Crippen LogP contribution is -2.85. The van der Waals surface area contributed by atoms with Gasteiger partial charge in [-0.05, 0) is 30.7 Å². The molecule has 1 heterocycles. The zero-order valence-electron chi connectivity index (χ0n) is 8.66. The SMILES string of the molecule is C[NH2+][C@@H](C)Cc1ccc2occc2c1. The number of rotatable bonds is 3. The molecule has 1 aromatic heterocycles. The third kappa shape index (κ3) is 1.80. The predicted octanol–water partition coefficient (Wildman–Crippen LogP) is 1.56. The summed E-state index contributed by atoms with van der Waals surface area (Å²) in [6.45, 7) is 2.24. The molecule has 0 saturated carbocycles. The van der Waals surface area contributed by atoms with E-state index in [1.54, 1.807) is 6.26 Å². The number of furan rings is 1. The third-order valence-electron chi connectivity index (χ3n) is 2.64. The Morgan fingerprint density at radius 2 is 2.21 bits per heavy atom. The monoisotopic (exact) mass is 190 g/mol. The lowest BCUT2D eigenvalue weighted by Gasteiger charge is -2.06. The highest BCUT2D eigenvalue weighted by Crippen LogP contribution is 2.17. The van der Waals surface area contributed by atoms with E-state index in [0.717, 1.165) is 12.0 Å². The van der Waals surface area contributed by atoms with Crippen molar-refractivity contribution >= 4 is 11.0 Å². The zero-order valence-corrected chi connectivity index (χ0v) is 8.66. The smallest absolute Gasteiger partial charge is 0.133 e. The van der Waals surface area contributed by atoms with Gasteiger partial charge in [-0.2, -0.15) is 0 Å². The second-order valence-corrected chi connectivity index (χ2v) is 3.81. The Labute approximate surface area is 83.9 Å². The van der Waals surface area contributed by atoms with Crippen molar-refractivity contribution in [3.05, 3.63) is 36.1 Å². The first-order chi connectivity index (χ1) is 6.79. The highest BCUT2D eigenvalue weighted by Gasteiger charge is 2.04. The van der Waals surface area contributed by atoms with Gasteiger partial charge in [0.15, 0.2) is 0 Å². The van der Waals surface area contributed by atoms with E-state index in [2.05, 4.69) is 31.4 Å². The van der Waals surface area contributed by atoms with Crippen molar-refractivity contribution in [2.75, 3.05) is 7.05 Å². The van der Waals surface area contributed by atoms with E-state index in [1.165, 1.54) is 10.9 Å². The van der Waals surface area contributed by atoms with E-state index < -0.39 is 0 Å². The van der Waals surface area contributed by atoms with Crippen LogP contribution < -0.4 is 5.32 Å². The summed E-state index contributed by atoms with van der Waals surface area (Å²) >= 11 is 0. The van der Waals surface area contributed by atoms with E-state index in [9.17, 15) is 0 Å². The van der Waals surface area contributed by atoms with Crippen molar-refractivity contribution < 1.29 is 9.73 Å². The molecule has 14 heavy (non-hydrogen) atoms. The summed E-state index contributed by atoms with van der Waals surface area (Å²) < 4.78 is 5.30. The van der Waals surface area contributed by atoms with Crippen LogP contribution in [0.25, 0.3) is 11.0 Å². The molecule has 2 heteroatoms. The zero-order chi connectivity index (χ0) is 9.97. The first kappa shape index (κ1) is 9.28. The second-order valence-electron chi connectivity index (χ2n) is 3.81. The third-order valence-corrected chi connectivity index (χ3v) is 2.64. The van der Waals surface area contributed by atoms with Crippen molar-refractivity contribution in [1.82, 2.24) is 0 Å². The number of benzene rings is 1. The molecule has 0 amide bonds. The first-order valence-electron chi connectivity index (χ1n) is 5.05. The number of quaternary nitrogens is 1. The van der Waals surface area contributed by atoms with Gasteiger partial charge < -0.3 is 9.73 Å². The minimum Gasteiger partial charge on any atom is -0.464 e. The summed E-state index contributed by atoms with van der Waals surface area (Å²) in [5.74, 6) is 0. The Morgan fingerprint density at radius 3 is 3.00 bits per heavy atom. The molecular weight excluding hydrogens is 174 g/mol. The Kier molecular flexibility index (Phi) is 2.55. The molecule has 0 bridgehead atoms. The normalized spacial score (nSPS) is 13.3. The maximum absolute atomic E-state index is 5.30. The van der Waals surface area contributed by atoms with Crippen molar-refractivity contribution in [1.29, 1.82) is 0 Å². The Balaban J connectivity index is 2.25. The molecule has 2 rings (SSSR count). The molecule has 1 aromatic carbocycles. The summed E-state index contributed by atoms with van der Waals surface area (Å²) in [7, 11) is 2.11. The summed E-state index contributed by atoms with van der Waals surface area (Å²) in [6.07, 6.45) is 2.85. The number of likely N-dealkylation sites (N-methyl/N-ethyl adjacent to an activating group) is 1. The second kappa shape index (κ2) is 3.84. The molecule has 74 valence electrons. The maximum atomic E-state index is 5.30. The van der Waals surface area contributed by atoms with Gasteiger partial charge in [-0.3, -0.25) is 0 Å². The molecule has 0 saturated heterocycles. The van der Waals surface area contributed by atoms with Crippen LogP contribution in [-0.2, 0) is 6.42 Å². The van der Waals surface area contributed by atoms with Gasteiger partial charge in [0.1, 0.15) is 5.58 Å². The van der Waals surface area contributed by atoms with Crippen molar-refractivity contribution in [2.45, 2.75) is 19.4 Å². The van der Waals surface area contributed by atoms with Gasteiger partial charge in [0.2, 0.25) is 0 Å². The van der Waals surface area contributed by atoms with Crippen LogP contribution in [0, 0.1) is 0 Å². The highest BCUT2D eigenvalue weighted by molar-refractivity contribution is 5.77. The molecule has 0 aliphatic carbocycles. The Morgan fingerprint density at radius 1 is 1.36 bits per heavy atom. The molecular formula is C12H16NO+.